The van der Waals surface area contributed by atoms with Gasteiger partial charge in [-0.2, -0.15) is 0 Å². The lowest BCUT2D eigenvalue weighted by Gasteiger charge is -2.29. The van der Waals surface area contributed by atoms with Crippen LogP contribution in [0.15, 0.2) is 24.3 Å². The van der Waals surface area contributed by atoms with Gasteiger partial charge in [0.05, 0.1) is 5.75 Å². The first-order chi connectivity index (χ1) is 8.47. The summed E-state index contributed by atoms with van der Waals surface area (Å²) in [6.07, 6.45) is 1.96. The second kappa shape index (κ2) is 5.41. The van der Waals surface area contributed by atoms with Crippen molar-refractivity contribution in [2.45, 2.75) is 32.4 Å². The summed E-state index contributed by atoms with van der Waals surface area (Å²) in [7, 11) is -3.14. The predicted octanol–water partition coefficient (Wildman–Crippen LogP) is 2.56. The highest BCUT2D eigenvalue weighted by molar-refractivity contribution is 7.88. The van der Waals surface area contributed by atoms with E-state index in [4.69, 9.17) is 0 Å². The van der Waals surface area contributed by atoms with Crippen molar-refractivity contribution >= 4 is 10.0 Å². The molecule has 18 heavy (non-hydrogen) atoms. The minimum atomic E-state index is -3.14. The number of nitrogens with zero attached hydrogens (tertiary/aromatic N) is 1. The fraction of sp³-hybridized carbons (Fsp3) is 0.571. The molecule has 1 heterocycles. The number of benzene rings is 1. The van der Waals surface area contributed by atoms with Crippen molar-refractivity contribution in [2.75, 3.05) is 13.1 Å². The summed E-state index contributed by atoms with van der Waals surface area (Å²) in [4.78, 5) is 0. The molecule has 100 valence electrons. The largest absolute Gasteiger partial charge is 0.218 e. The van der Waals surface area contributed by atoms with E-state index in [0.717, 1.165) is 24.0 Å². The number of aryl methyl sites for hydroxylation is 1. The lowest BCUT2D eigenvalue weighted by molar-refractivity contribution is 0.287. The normalized spacial score (nSPS) is 19.0. The highest BCUT2D eigenvalue weighted by Gasteiger charge is 2.26. The van der Waals surface area contributed by atoms with Crippen LogP contribution in [-0.4, -0.2) is 25.8 Å². The number of piperidine rings is 1. The zero-order valence-electron chi connectivity index (χ0n) is 11.1. The summed E-state index contributed by atoms with van der Waals surface area (Å²) < 4.78 is 26.2. The zero-order valence-corrected chi connectivity index (χ0v) is 11.9. The lowest BCUT2D eigenvalue weighted by Crippen LogP contribution is -2.38. The van der Waals surface area contributed by atoms with Crippen molar-refractivity contribution in [3.8, 4) is 0 Å². The van der Waals surface area contributed by atoms with E-state index in [1.54, 1.807) is 4.31 Å². The van der Waals surface area contributed by atoms with Crippen LogP contribution in [-0.2, 0) is 15.8 Å². The van der Waals surface area contributed by atoms with Crippen LogP contribution in [0.25, 0.3) is 0 Å². The quantitative estimate of drug-likeness (QED) is 0.844. The third-order valence-corrected chi connectivity index (χ3v) is 5.46. The summed E-state index contributed by atoms with van der Waals surface area (Å²) in [5, 5.41) is 0. The molecule has 0 N–H and O–H groups in total. The molecule has 0 spiro atoms. The van der Waals surface area contributed by atoms with Gasteiger partial charge in [0.1, 0.15) is 0 Å². The fourth-order valence-electron chi connectivity index (χ4n) is 2.25. The smallest absolute Gasteiger partial charge is 0.212 e. The van der Waals surface area contributed by atoms with Crippen molar-refractivity contribution in [3.05, 3.63) is 35.4 Å². The average molecular weight is 267 g/mol. The van der Waals surface area contributed by atoms with Gasteiger partial charge in [0.2, 0.25) is 10.0 Å². The van der Waals surface area contributed by atoms with Crippen LogP contribution in [0.4, 0.5) is 0 Å². The van der Waals surface area contributed by atoms with Crippen LogP contribution in [0.5, 0.6) is 0 Å². The van der Waals surface area contributed by atoms with Gasteiger partial charge < -0.3 is 0 Å². The number of hydrogen-bond acceptors (Lipinski definition) is 2. The predicted molar refractivity (Wildman–Crippen MR) is 73.8 cm³/mol. The van der Waals surface area contributed by atoms with E-state index >= 15 is 0 Å². The third-order valence-electron chi connectivity index (χ3n) is 3.61. The maximum atomic E-state index is 12.3. The molecule has 0 atom stereocenters. The molecule has 0 aliphatic carbocycles. The Morgan fingerprint density at radius 1 is 1.17 bits per heavy atom. The Balaban J connectivity index is 2.05. The Kier molecular flexibility index (Phi) is 4.07. The number of sulfonamides is 1. The van der Waals surface area contributed by atoms with E-state index in [0.29, 0.717) is 19.0 Å². The van der Waals surface area contributed by atoms with Gasteiger partial charge in [-0.25, -0.2) is 12.7 Å². The lowest BCUT2D eigenvalue weighted by atomic mass is 10.0. The molecule has 2 rings (SSSR count). The number of hydrogen-bond donors (Lipinski definition) is 0. The van der Waals surface area contributed by atoms with E-state index in [1.807, 2.05) is 31.2 Å². The summed E-state index contributed by atoms with van der Waals surface area (Å²) in [5.74, 6) is 0.776. The Hall–Kier alpha value is -0.870. The van der Waals surface area contributed by atoms with Crippen molar-refractivity contribution in [1.29, 1.82) is 0 Å². The molecule has 0 aromatic heterocycles. The van der Waals surface area contributed by atoms with Crippen LogP contribution >= 0.6 is 0 Å². The highest BCUT2D eigenvalue weighted by Crippen LogP contribution is 2.21. The molecule has 1 fully saturated rings. The van der Waals surface area contributed by atoms with Crippen LogP contribution in [0.3, 0.4) is 0 Å². The summed E-state index contributed by atoms with van der Waals surface area (Å²) in [5.41, 5.74) is 2.03. The second-order valence-corrected chi connectivity index (χ2v) is 7.29. The summed E-state index contributed by atoms with van der Waals surface area (Å²) in [6, 6.07) is 7.73. The molecule has 0 bridgehead atoms. The minimum absolute atomic E-state index is 0.127. The van der Waals surface area contributed by atoms with Crippen molar-refractivity contribution in [1.82, 2.24) is 4.31 Å². The summed E-state index contributed by atoms with van der Waals surface area (Å²) >= 11 is 0. The molecular weight excluding hydrogens is 246 g/mol. The van der Waals surface area contributed by atoms with Crippen LogP contribution in [0.2, 0.25) is 0 Å². The maximum Gasteiger partial charge on any atom is 0.218 e. The van der Waals surface area contributed by atoms with Gasteiger partial charge >= 0.3 is 0 Å². The van der Waals surface area contributed by atoms with E-state index in [1.165, 1.54) is 0 Å². The van der Waals surface area contributed by atoms with Gasteiger partial charge in [-0.15, -0.1) is 0 Å². The zero-order chi connectivity index (χ0) is 13.2. The molecule has 0 saturated carbocycles. The highest BCUT2D eigenvalue weighted by atomic mass is 32.2. The van der Waals surface area contributed by atoms with Gasteiger partial charge in [-0.05, 0) is 31.2 Å². The first-order valence-corrected chi connectivity index (χ1v) is 8.11. The van der Waals surface area contributed by atoms with Gasteiger partial charge in [-0.3, -0.25) is 0 Å². The molecule has 1 saturated heterocycles. The Labute approximate surface area is 110 Å². The average Bonchev–Trinajstić information content (AvgIpc) is 2.32. The molecule has 1 aromatic carbocycles. The minimum Gasteiger partial charge on any atom is -0.212 e. The van der Waals surface area contributed by atoms with Crippen LogP contribution in [0.1, 0.15) is 30.9 Å². The summed E-state index contributed by atoms with van der Waals surface area (Å²) in [6.45, 7) is 5.54. The maximum absolute atomic E-state index is 12.3. The Morgan fingerprint density at radius 3 is 2.28 bits per heavy atom. The molecule has 3 nitrogen and oxygen atoms in total. The molecule has 4 heteroatoms. The molecule has 1 aliphatic heterocycles. The molecular formula is C14H21NO2S. The Bertz CT molecular complexity index is 485. The van der Waals surface area contributed by atoms with Gasteiger partial charge in [0.15, 0.2) is 0 Å². The van der Waals surface area contributed by atoms with Crippen molar-refractivity contribution in [3.63, 3.8) is 0 Å². The van der Waals surface area contributed by atoms with Gasteiger partial charge in [0, 0.05) is 13.1 Å². The van der Waals surface area contributed by atoms with Crippen molar-refractivity contribution in [2.24, 2.45) is 5.92 Å². The van der Waals surface area contributed by atoms with Crippen LogP contribution < -0.4 is 0 Å². The van der Waals surface area contributed by atoms with Crippen LogP contribution in [0, 0.1) is 12.8 Å². The van der Waals surface area contributed by atoms with E-state index in [9.17, 15) is 8.42 Å². The molecule has 0 radical (unpaired) electrons. The SMILES string of the molecule is Cc1ccc(CS(=O)(=O)N2CCC(C)CC2)cc1. The molecule has 1 aliphatic rings. The first kappa shape index (κ1) is 13.6. The topological polar surface area (TPSA) is 37.4 Å². The van der Waals surface area contributed by atoms with E-state index < -0.39 is 10.0 Å². The third kappa shape index (κ3) is 3.33. The van der Waals surface area contributed by atoms with E-state index in [-0.39, 0.29) is 5.75 Å². The standard InChI is InChI=1S/C14H21NO2S/c1-12-3-5-14(6-4-12)11-18(16,17)15-9-7-13(2)8-10-15/h3-6,13H,7-11H2,1-2H3. The van der Waals surface area contributed by atoms with Crippen molar-refractivity contribution < 1.29 is 8.42 Å². The molecule has 1 aromatic rings. The Morgan fingerprint density at radius 2 is 1.72 bits per heavy atom. The second-order valence-electron chi connectivity index (χ2n) is 5.32. The van der Waals surface area contributed by atoms with E-state index in [2.05, 4.69) is 6.92 Å². The molecule has 0 unspecified atom stereocenters. The monoisotopic (exact) mass is 267 g/mol. The van der Waals surface area contributed by atoms with Gasteiger partial charge in [0.25, 0.3) is 0 Å². The molecule has 0 amide bonds. The number of rotatable bonds is 3. The van der Waals surface area contributed by atoms with Gasteiger partial charge in [-0.1, -0.05) is 36.8 Å². The first-order valence-electron chi connectivity index (χ1n) is 6.51. The fourth-order valence-corrected chi connectivity index (χ4v) is 3.81.